The highest BCUT2D eigenvalue weighted by Gasteiger charge is 2.18. The molecule has 0 heterocycles. The van der Waals surface area contributed by atoms with Gasteiger partial charge < -0.3 is 9.84 Å². The monoisotopic (exact) mass is 358 g/mol. The van der Waals surface area contributed by atoms with E-state index >= 15 is 0 Å². The molecule has 134 valence electrons. The number of aromatic hydroxyl groups is 1. The molecule has 0 radical (unpaired) electrons. The fraction of sp³-hybridized carbons (Fsp3) is 0.381. The van der Waals surface area contributed by atoms with Gasteiger partial charge in [-0.25, -0.2) is 0 Å². The number of ether oxygens (including phenoxy) is 1. The van der Waals surface area contributed by atoms with Crippen molar-refractivity contribution in [2.24, 2.45) is 0 Å². The molecule has 2 aromatic carbocycles. The average molecular weight is 359 g/mol. The van der Waals surface area contributed by atoms with Crippen molar-refractivity contribution < 1.29 is 14.6 Å². The molecule has 0 fully saturated rings. The number of hydrogen-bond donors (Lipinski definition) is 1. The number of phenols is 1. The Hall–Kier alpha value is -1.94. The Kier molecular flexibility index (Phi) is 7.38. The van der Waals surface area contributed by atoms with Crippen LogP contribution >= 0.6 is 11.8 Å². The highest BCUT2D eigenvalue weighted by Crippen LogP contribution is 2.36. The SMILES string of the molecule is CCCc1c(O)c(C(C)=O)cc(C)c1OCCCSc1ccccc1. The van der Waals surface area contributed by atoms with E-state index in [1.807, 2.05) is 36.9 Å². The van der Waals surface area contributed by atoms with Crippen LogP contribution in [0.3, 0.4) is 0 Å². The lowest BCUT2D eigenvalue weighted by molar-refractivity contribution is 0.101. The number of ketones is 1. The number of carbonyl (C=O) groups excluding carboxylic acids is 1. The quantitative estimate of drug-likeness (QED) is 0.369. The van der Waals surface area contributed by atoms with Crippen LogP contribution in [0, 0.1) is 6.92 Å². The van der Waals surface area contributed by atoms with Gasteiger partial charge in [-0.3, -0.25) is 4.79 Å². The third-order valence-electron chi connectivity index (χ3n) is 3.96. The summed E-state index contributed by atoms with van der Waals surface area (Å²) >= 11 is 1.81. The molecule has 0 saturated heterocycles. The first-order valence-corrected chi connectivity index (χ1v) is 9.70. The standard InChI is InChI=1S/C21H26O3S/c1-4-9-18-20(23)19(16(3)22)14-15(2)21(18)24-12-8-13-25-17-10-6-5-7-11-17/h5-7,10-11,14,23H,4,8-9,12-13H2,1-3H3. The normalized spacial score (nSPS) is 10.7. The van der Waals surface area contributed by atoms with Crippen LogP contribution in [0.1, 0.15) is 48.2 Å². The Labute approximate surface area is 154 Å². The molecule has 0 spiro atoms. The number of carbonyl (C=O) groups is 1. The minimum absolute atomic E-state index is 0.0774. The number of rotatable bonds is 9. The van der Waals surface area contributed by atoms with Crippen molar-refractivity contribution in [1.29, 1.82) is 0 Å². The van der Waals surface area contributed by atoms with Gasteiger partial charge in [0.1, 0.15) is 11.5 Å². The zero-order valence-corrected chi connectivity index (χ0v) is 16.0. The molecule has 3 nitrogen and oxygen atoms in total. The fourth-order valence-corrected chi connectivity index (χ4v) is 3.60. The van der Waals surface area contributed by atoms with Gasteiger partial charge in [-0.2, -0.15) is 0 Å². The van der Waals surface area contributed by atoms with E-state index in [1.165, 1.54) is 11.8 Å². The van der Waals surface area contributed by atoms with Crippen LogP contribution in [0.4, 0.5) is 0 Å². The van der Waals surface area contributed by atoms with Crippen molar-refractivity contribution >= 4 is 17.5 Å². The first-order valence-electron chi connectivity index (χ1n) is 8.71. The highest BCUT2D eigenvalue weighted by atomic mass is 32.2. The summed E-state index contributed by atoms with van der Waals surface area (Å²) in [5.74, 6) is 1.66. The second-order valence-corrected chi connectivity index (χ2v) is 7.24. The summed E-state index contributed by atoms with van der Waals surface area (Å²) in [6.45, 7) is 6.05. The van der Waals surface area contributed by atoms with Crippen molar-refractivity contribution in [2.75, 3.05) is 12.4 Å². The third-order valence-corrected chi connectivity index (χ3v) is 5.06. The summed E-state index contributed by atoms with van der Waals surface area (Å²) in [5.41, 5.74) is 2.04. The molecule has 2 rings (SSSR count). The Morgan fingerprint density at radius 2 is 1.96 bits per heavy atom. The maximum absolute atomic E-state index is 11.7. The molecule has 0 aliphatic carbocycles. The van der Waals surface area contributed by atoms with Gasteiger partial charge in [-0.15, -0.1) is 11.8 Å². The number of aryl methyl sites for hydroxylation is 1. The van der Waals surface area contributed by atoms with Crippen molar-refractivity contribution in [2.45, 2.75) is 44.9 Å². The van der Waals surface area contributed by atoms with E-state index in [1.54, 1.807) is 6.07 Å². The molecule has 1 N–H and O–H groups in total. The fourth-order valence-electron chi connectivity index (χ4n) is 2.75. The van der Waals surface area contributed by atoms with Crippen molar-refractivity contribution in [3.8, 4) is 11.5 Å². The Balaban J connectivity index is 2.00. The lowest BCUT2D eigenvalue weighted by Crippen LogP contribution is -2.06. The van der Waals surface area contributed by atoms with Crippen LogP contribution in [-0.2, 0) is 6.42 Å². The molecule has 0 atom stereocenters. The van der Waals surface area contributed by atoms with E-state index in [4.69, 9.17) is 4.74 Å². The van der Waals surface area contributed by atoms with Crippen LogP contribution in [0.15, 0.2) is 41.3 Å². The summed E-state index contributed by atoms with van der Waals surface area (Å²) in [6.07, 6.45) is 2.50. The maximum atomic E-state index is 11.7. The van der Waals surface area contributed by atoms with E-state index in [0.29, 0.717) is 18.6 Å². The Morgan fingerprint density at radius 3 is 2.60 bits per heavy atom. The van der Waals surface area contributed by atoms with Crippen LogP contribution in [0.5, 0.6) is 11.5 Å². The predicted octanol–water partition coefficient (Wildman–Crippen LogP) is 5.42. The van der Waals surface area contributed by atoms with Gasteiger partial charge in [0.05, 0.1) is 12.2 Å². The maximum Gasteiger partial charge on any atom is 0.163 e. The Bertz CT molecular complexity index is 711. The molecule has 0 unspecified atom stereocenters. The number of benzene rings is 2. The predicted molar refractivity (Wildman–Crippen MR) is 104 cm³/mol. The van der Waals surface area contributed by atoms with Crippen molar-refractivity contribution in [3.63, 3.8) is 0 Å². The molecular formula is C21H26O3S. The average Bonchev–Trinajstić information content (AvgIpc) is 2.60. The zero-order chi connectivity index (χ0) is 18.2. The van der Waals surface area contributed by atoms with Gasteiger partial charge in [0.15, 0.2) is 5.78 Å². The number of hydrogen-bond acceptors (Lipinski definition) is 4. The summed E-state index contributed by atoms with van der Waals surface area (Å²) in [4.78, 5) is 13.0. The topological polar surface area (TPSA) is 46.5 Å². The van der Waals surface area contributed by atoms with Gasteiger partial charge in [-0.1, -0.05) is 31.5 Å². The Morgan fingerprint density at radius 1 is 1.24 bits per heavy atom. The summed E-state index contributed by atoms with van der Waals surface area (Å²) in [7, 11) is 0. The summed E-state index contributed by atoms with van der Waals surface area (Å²) in [6, 6.07) is 12.0. The minimum atomic E-state index is -0.122. The van der Waals surface area contributed by atoms with Crippen LogP contribution < -0.4 is 4.74 Å². The molecule has 4 heteroatoms. The van der Waals surface area contributed by atoms with E-state index in [-0.39, 0.29) is 11.5 Å². The van der Waals surface area contributed by atoms with Gasteiger partial charge in [-0.05, 0) is 50.5 Å². The van der Waals surface area contributed by atoms with Gasteiger partial charge in [0.2, 0.25) is 0 Å². The van der Waals surface area contributed by atoms with Gasteiger partial charge in [0, 0.05) is 16.2 Å². The van der Waals surface area contributed by atoms with Gasteiger partial charge >= 0.3 is 0 Å². The van der Waals surface area contributed by atoms with Crippen molar-refractivity contribution in [3.05, 3.63) is 53.1 Å². The minimum Gasteiger partial charge on any atom is -0.507 e. The highest BCUT2D eigenvalue weighted by molar-refractivity contribution is 7.99. The van der Waals surface area contributed by atoms with E-state index in [0.717, 1.165) is 35.5 Å². The second-order valence-electron chi connectivity index (χ2n) is 6.07. The van der Waals surface area contributed by atoms with E-state index < -0.39 is 0 Å². The number of Topliss-reactive ketones (excluding diaryl/α,β-unsaturated/α-hetero) is 1. The lowest BCUT2D eigenvalue weighted by Gasteiger charge is -2.17. The number of phenolic OH excluding ortho intramolecular Hbond substituents is 1. The van der Waals surface area contributed by atoms with E-state index in [2.05, 4.69) is 19.1 Å². The first-order chi connectivity index (χ1) is 12.0. The smallest absolute Gasteiger partial charge is 0.163 e. The third kappa shape index (κ3) is 5.27. The largest absolute Gasteiger partial charge is 0.507 e. The molecule has 0 aromatic heterocycles. The summed E-state index contributed by atoms with van der Waals surface area (Å²) in [5, 5.41) is 10.4. The molecule has 2 aromatic rings. The number of thioether (sulfide) groups is 1. The lowest BCUT2D eigenvalue weighted by atomic mass is 9.98. The van der Waals surface area contributed by atoms with Crippen LogP contribution in [0.2, 0.25) is 0 Å². The van der Waals surface area contributed by atoms with Crippen molar-refractivity contribution in [1.82, 2.24) is 0 Å². The molecule has 0 saturated carbocycles. The molecule has 0 bridgehead atoms. The van der Waals surface area contributed by atoms with Gasteiger partial charge in [0.25, 0.3) is 0 Å². The van der Waals surface area contributed by atoms with Crippen LogP contribution in [-0.4, -0.2) is 23.2 Å². The van der Waals surface area contributed by atoms with E-state index in [9.17, 15) is 9.90 Å². The first kappa shape index (κ1) is 19.4. The molecular weight excluding hydrogens is 332 g/mol. The zero-order valence-electron chi connectivity index (χ0n) is 15.2. The molecule has 0 amide bonds. The molecule has 25 heavy (non-hydrogen) atoms. The molecule has 0 aliphatic heterocycles. The second kappa shape index (κ2) is 9.52. The van der Waals surface area contributed by atoms with Crippen LogP contribution in [0.25, 0.3) is 0 Å². The molecule has 0 aliphatic rings. The summed E-state index contributed by atoms with van der Waals surface area (Å²) < 4.78 is 5.99.